The zero-order valence-corrected chi connectivity index (χ0v) is 15.2. The van der Waals surface area contributed by atoms with Crippen LogP contribution in [0.15, 0.2) is 12.2 Å². The molecule has 6 heteroatoms. The summed E-state index contributed by atoms with van der Waals surface area (Å²) in [6.07, 6.45) is 8.24. The summed E-state index contributed by atoms with van der Waals surface area (Å²) in [4.78, 5) is 23.4. The van der Waals surface area contributed by atoms with Crippen LogP contribution in [0.4, 0.5) is 0 Å². The van der Waals surface area contributed by atoms with Gasteiger partial charge < -0.3 is 24.6 Å². The molecule has 0 fully saturated rings. The highest BCUT2D eigenvalue weighted by atomic mass is 16.4. The SMILES string of the molecule is C/C=C/CCCCC[N+](CCO)(C(CC)C(=O)[O-])C(CC)C(=O)O. The monoisotopic (exact) mass is 343 g/mol. The molecule has 0 aliphatic rings. The van der Waals surface area contributed by atoms with Crippen molar-refractivity contribution in [1.82, 2.24) is 0 Å². The van der Waals surface area contributed by atoms with Gasteiger partial charge in [-0.3, -0.25) is 0 Å². The molecule has 6 nitrogen and oxygen atoms in total. The predicted molar refractivity (Wildman–Crippen MR) is 91.2 cm³/mol. The first-order chi connectivity index (χ1) is 11.4. The molecule has 0 aliphatic heterocycles. The van der Waals surface area contributed by atoms with Crippen molar-refractivity contribution in [2.45, 2.75) is 71.4 Å². The molecule has 140 valence electrons. The van der Waals surface area contributed by atoms with Gasteiger partial charge in [-0.1, -0.05) is 26.0 Å². The Kier molecular flexibility index (Phi) is 11.3. The van der Waals surface area contributed by atoms with Crippen LogP contribution >= 0.6 is 0 Å². The maximum Gasteiger partial charge on any atom is 0.362 e. The summed E-state index contributed by atoms with van der Waals surface area (Å²) in [5.41, 5.74) is 0. The largest absolute Gasteiger partial charge is 0.544 e. The smallest absolute Gasteiger partial charge is 0.362 e. The van der Waals surface area contributed by atoms with Gasteiger partial charge in [-0.05, 0) is 32.6 Å². The predicted octanol–water partition coefficient (Wildman–Crippen LogP) is 1.32. The summed E-state index contributed by atoms with van der Waals surface area (Å²) in [6, 6.07) is -1.77. The minimum absolute atomic E-state index is 0.117. The van der Waals surface area contributed by atoms with E-state index >= 15 is 0 Å². The second-order valence-corrected chi connectivity index (χ2v) is 6.20. The molecule has 24 heavy (non-hydrogen) atoms. The molecule has 0 saturated carbocycles. The molecule has 0 aromatic heterocycles. The van der Waals surface area contributed by atoms with Crippen molar-refractivity contribution >= 4 is 11.9 Å². The molecule has 0 aliphatic carbocycles. The number of allylic oxidation sites excluding steroid dienone is 2. The third-order valence-corrected chi connectivity index (χ3v) is 4.77. The Morgan fingerprint density at radius 2 is 1.71 bits per heavy atom. The lowest BCUT2D eigenvalue weighted by atomic mass is 9.99. The minimum atomic E-state index is -1.24. The maximum atomic E-state index is 11.7. The van der Waals surface area contributed by atoms with Gasteiger partial charge in [0.25, 0.3) is 0 Å². The number of hydrogen-bond donors (Lipinski definition) is 2. The van der Waals surface area contributed by atoms with Crippen LogP contribution in [0, 0.1) is 0 Å². The topological polar surface area (TPSA) is 97.7 Å². The Morgan fingerprint density at radius 3 is 2.12 bits per heavy atom. The molecule has 0 aromatic rings. The van der Waals surface area contributed by atoms with Crippen LogP contribution in [-0.4, -0.2) is 58.4 Å². The van der Waals surface area contributed by atoms with Gasteiger partial charge in [0.1, 0.15) is 12.6 Å². The molecular weight excluding hydrogens is 310 g/mol. The van der Waals surface area contributed by atoms with E-state index in [0.29, 0.717) is 13.0 Å². The Morgan fingerprint density at radius 1 is 1.08 bits per heavy atom. The Bertz CT molecular complexity index is 386. The van der Waals surface area contributed by atoms with Crippen molar-refractivity contribution in [3.63, 3.8) is 0 Å². The number of unbranched alkanes of at least 4 members (excludes halogenated alkanes) is 3. The Balaban J connectivity index is 5.41. The van der Waals surface area contributed by atoms with E-state index < -0.39 is 24.0 Å². The summed E-state index contributed by atoms with van der Waals surface area (Å²) in [5.74, 6) is -2.25. The number of carbonyl (C=O) groups is 2. The van der Waals surface area contributed by atoms with Gasteiger partial charge in [0.05, 0.1) is 19.1 Å². The number of nitrogens with zero attached hydrogens (tertiary/aromatic N) is 1. The van der Waals surface area contributed by atoms with Crippen molar-refractivity contribution in [3.8, 4) is 0 Å². The van der Waals surface area contributed by atoms with Gasteiger partial charge in [-0.25, -0.2) is 4.79 Å². The second-order valence-electron chi connectivity index (χ2n) is 6.20. The van der Waals surface area contributed by atoms with Gasteiger partial charge in [-0.15, -0.1) is 0 Å². The molecule has 0 amide bonds. The Hall–Kier alpha value is -1.40. The fourth-order valence-electron chi connectivity index (χ4n) is 3.65. The van der Waals surface area contributed by atoms with E-state index in [0.717, 1.165) is 25.7 Å². The van der Waals surface area contributed by atoms with Gasteiger partial charge in [0.2, 0.25) is 0 Å². The molecular formula is C18H33NO5. The lowest BCUT2D eigenvalue weighted by Gasteiger charge is -2.48. The van der Waals surface area contributed by atoms with Gasteiger partial charge >= 0.3 is 5.97 Å². The number of hydrogen-bond acceptors (Lipinski definition) is 4. The third kappa shape index (κ3) is 6.24. The quantitative estimate of drug-likeness (QED) is 0.282. The van der Waals surface area contributed by atoms with Crippen LogP contribution < -0.4 is 5.11 Å². The van der Waals surface area contributed by atoms with Crippen LogP contribution in [0.25, 0.3) is 0 Å². The first kappa shape index (κ1) is 22.6. The molecule has 0 rings (SSSR count). The van der Waals surface area contributed by atoms with Crippen LogP contribution in [0.2, 0.25) is 0 Å². The second kappa shape index (κ2) is 12.0. The van der Waals surface area contributed by atoms with E-state index in [1.807, 2.05) is 13.0 Å². The van der Waals surface area contributed by atoms with E-state index in [1.54, 1.807) is 13.8 Å². The zero-order valence-electron chi connectivity index (χ0n) is 15.2. The molecule has 0 heterocycles. The molecule has 3 atom stereocenters. The number of aliphatic hydroxyl groups excluding tert-OH is 1. The highest BCUT2D eigenvalue weighted by molar-refractivity contribution is 5.74. The highest BCUT2D eigenvalue weighted by Gasteiger charge is 2.46. The van der Waals surface area contributed by atoms with Crippen molar-refractivity contribution < 1.29 is 29.4 Å². The number of carboxylic acid groups (broad SMARTS) is 2. The fraction of sp³-hybridized carbons (Fsp3) is 0.778. The average Bonchev–Trinajstić information content (AvgIpc) is 2.51. The number of rotatable bonds is 14. The van der Waals surface area contributed by atoms with E-state index in [4.69, 9.17) is 0 Å². The summed E-state index contributed by atoms with van der Waals surface area (Å²) >= 11 is 0. The number of aliphatic hydroxyl groups is 1. The van der Waals surface area contributed by atoms with Crippen molar-refractivity contribution in [3.05, 3.63) is 12.2 Å². The van der Waals surface area contributed by atoms with Crippen molar-refractivity contribution in [1.29, 1.82) is 0 Å². The number of aliphatic carboxylic acids is 2. The first-order valence-electron chi connectivity index (χ1n) is 8.93. The maximum absolute atomic E-state index is 11.7. The minimum Gasteiger partial charge on any atom is -0.544 e. The van der Waals surface area contributed by atoms with Gasteiger partial charge in [0.15, 0.2) is 6.04 Å². The summed E-state index contributed by atoms with van der Waals surface area (Å²) in [7, 11) is 0. The number of quaternary nitrogens is 1. The van der Waals surface area contributed by atoms with E-state index in [-0.39, 0.29) is 24.1 Å². The van der Waals surface area contributed by atoms with Crippen LogP contribution in [-0.2, 0) is 9.59 Å². The summed E-state index contributed by atoms with van der Waals surface area (Å²) in [6.45, 7) is 5.74. The van der Waals surface area contributed by atoms with Crippen LogP contribution in [0.3, 0.4) is 0 Å². The summed E-state index contributed by atoms with van der Waals surface area (Å²) in [5, 5.41) is 30.8. The lowest BCUT2D eigenvalue weighted by molar-refractivity contribution is -0.960. The molecule has 0 radical (unpaired) electrons. The fourth-order valence-corrected chi connectivity index (χ4v) is 3.65. The lowest BCUT2D eigenvalue weighted by Crippen LogP contribution is -2.69. The standard InChI is InChI=1S/C18H33NO5/c1-4-7-8-9-10-11-12-19(13-14-20,15(5-2)17(21)22)16(6-3)18(23)24/h4,7,15-16,20H,5-6,8-14H2,1-3H3,(H-,21,22,23,24)/b7-4+. The van der Waals surface area contributed by atoms with E-state index in [1.165, 1.54) is 0 Å². The Labute approximate surface area is 145 Å². The third-order valence-electron chi connectivity index (χ3n) is 4.77. The van der Waals surface area contributed by atoms with Crippen LogP contribution in [0.5, 0.6) is 0 Å². The average molecular weight is 343 g/mol. The van der Waals surface area contributed by atoms with Crippen molar-refractivity contribution in [2.75, 3.05) is 19.7 Å². The van der Waals surface area contributed by atoms with Crippen LogP contribution in [0.1, 0.15) is 59.3 Å². The summed E-state index contributed by atoms with van der Waals surface area (Å²) < 4.78 is -0.134. The molecule has 0 spiro atoms. The van der Waals surface area contributed by atoms with E-state index in [2.05, 4.69) is 6.08 Å². The highest BCUT2D eigenvalue weighted by Crippen LogP contribution is 2.26. The normalized spacial score (nSPS) is 16.7. The number of carbonyl (C=O) groups excluding carboxylic acids is 1. The van der Waals surface area contributed by atoms with E-state index in [9.17, 15) is 24.9 Å². The van der Waals surface area contributed by atoms with Crippen molar-refractivity contribution in [2.24, 2.45) is 0 Å². The van der Waals surface area contributed by atoms with Gasteiger partial charge in [0, 0.05) is 12.8 Å². The molecule has 0 bridgehead atoms. The first-order valence-corrected chi connectivity index (χ1v) is 8.93. The molecule has 2 N–H and O–H groups in total. The molecule has 0 saturated heterocycles. The zero-order chi connectivity index (χ0) is 18.6. The van der Waals surface area contributed by atoms with Gasteiger partial charge in [-0.2, -0.15) is 0 Å². The molecule has 3 unspecified atom stereocenters. The molecule has 0 aromatic carbocycles. The number of carboxylic acids is 2.